The minimum absolute atomic E-state index is 0.00460. The van der Waals surface area contributed by atoms with Crippen molar-refractivity contribution in [1.82, 2.24) is 0 Å². The van der Waals surface area contributed by atoms with Crippen LogP contribution in [0.5, 0.6) is 0 Å². The van der Waals surface area contributed by atoms with Crippen LogP contribution in [0.1, 0.15) is 6.42 Å². The standard InChI is InChI=1S/C12H13BrN2O2S/c13-8-1-2-10-11(5-8)15-3-4-18(17)7-9(15)6-12(16)14-10/h1-2,5,9H,3-4,6-7H2,(H,14,16). The van der Waals surface area contributed by atoms with E-state index in [1.807, 2.05) is 18.2 Å². The number of carbonyl (C=O) groups is 1. The van der Waals surface area contributed by atoms with Gasteiger partial charge in [0.2, 0.25) is 5.91 Å². The second-order valence-corrected chi connectivity index (χ2v) is 7.11. The van der Waals surface area contributed by atoms with Crippen LogP contribution in [0.3, 0.4) is 0 Å². The molecule has 6 heteroatoms. The summed E-state index contributed by atoms with van der Waals surface area (Å²) < 4.78 is 12.6. The first-order valence-corrected chi connectivity index (χ1v) is 8.12. The van der Waals surface area contributed by atoms with Gasteiger partial charge >= 0.3 is 0 Å². The number of anilines is 2. The predicted octanol–water partition coefficient (Wildman–Crippen LogP) is 1.73. The van der Waals surface area contributed by atoms with Gasteiger partial charge in [-0.05, 0) is 18.2 Å². The SMILES string of the molecule is O=C1CC2CS(=O)CCN2c2cc(Br)ccc2N1. The van der Waals surface area contributed by atoms with Crippen LogP contribution in [0.4, 0.5) is 11.4 Å². The Morgan fingerprint density at radius 3 is 3.11 bits per heavy atom. The Hall–Kier alpha value is -0.880. The Labute approximate surface area is 116 Å². The van der Waals surface area contributed by atoms with Crippen LogP contribution in [-0.4, -0.2) is 34.2 Å². The Bertz CT molecular complexity index is 535. The van der Waals surface area contributed by atoms with Crippen LogP contribution in [-0.2, 0) is 15.6 Å². The third kappa shape index (κ3) is 2.19. The number of rotatable bonds is 0. The van der Waals surface area contributed by atoms with E-state index in [-0.39, 0.29) is 11.9 Å². The molecule has 1 saturated heterocycles. The number of benzene rings is 1. The van der Waals surface area contributed by atoms with E-state index >= 15 is 0 Å². The van der Waals surface area contributed by atoms with Crippen molar-refractivity contribution in [3.05, 3.63) is 22.7 Å². The van der Waals surface area contributed by atoms with E-state index in [9.17, 15) is 9.00 Å². The summed E-state index contributed by atoms with van der Waals surface area (Å²) in [7, 11) is -0.797. The molecule has 3 rings (SSSR count). The Morgan fingerprint density at radius 2 is 2.28 bits per heavy atom. The number of amides is 1. The number of halogens is 1. The maximum Gasteiger partial charge on any atom is 0.226 e. The highest BCUT2D eigenvalue weighted by Crippen LogP contribution is 2.35. The van der Waals surface area contributed by atoms with E-state index in [1.165, 1.54) is 0 Å². The Balaban J connectivity index is 2.06. The molecule has 0 saturated carbocycles. The van der Waals surface area contributed by atoms with Gasteiger partial charge in [-0.25, -0.2) is 0 Å². The topological polar surface area (TPSA) is 49.4 Å². The van der Waals surface area contributed by atoms with Crippen molar-refractivity contribution in [2.24, 2.45) is 0 Å². The lowest BCUT2D eigenvalue weighted by Crippen LogP contribution is -2.47. The van der Waals surface area contributed by atoms with Gasteiger partial charge in [-0.2, -0.15) is 0 Å². The van der Waals surface area contributed by atoms with Crippen LogP contribution in [0.15, 0.2) is 22.7 Å². The first kappa shape index (κ1) is 12.2. The van der Waals surface area contributed by atoms with Crippen molar-refractivity contribution in [1.29, 1.82) is 0 Å². The summed E-state index contributed by atoms with van der Waals surface area (Å²) in [5, 5.41) is 2.92. The molecule has 1 N–H and O–H groups in total. The zero-order valence-electron chi connectivity index (χ0n) is 9.69. The number of hydrogen-bond acceptors (Lipinski definition) is 3. The van der Waals surface area contributed by atoms with Gasteiger partial charge in [0.1, 0.15) is 0 Å². The Morgan fingerprint density at radius 1 is 1.44 bits per heavy atom. The maximum absolute atomic E-state index is 11.8. The molecule has 4 nitrogen and oxygen atoms in total. The average Bonchev–Trinajstić information content (AvgIpc) is 2.44. The molecule has 0 spiro atoms. The third-order valence-corrected chi connectivity index (χ3v) is 5.23. The molecule has 2 aliphatic heterocycles. The predicted molar refractivity (Wildman–Crippen MR) is 76.4 cm³/mol. The number of carbonyl (C=O) groups excluding carboxylic acids is 1. The summed E-state index contributed by atoms with van der Waals surface area (Å²) >= 11 is 3.46. The van der Waals surface area contributed by atoms with Gasteiger partial charge in [-0.15, -0.1) is 0 Å². The number of hydrogen-bond donors (Lipinski definition) is 1. The molecule has 0 radical (unpaired) electrons. The minimum atomic E-state index is -0.797. The molecule has 18 heavy (non-hydrogen) atoms. The number of nitrogens with one attached hydrogen (secondary N) is 1. The van der Waals surface area contributed by atoms with Gasteiger partial charge in [-0.1, -0.05) is 15.9 Å². The molecule has 1 aromatic rings. The van der Waals surface area contributed by atoms with Gasteiger partial charge in [0.25, 0.3) is 0 Å². The van der Waals surface area contributed by atoms with E-state index < -0.39 is 10.8 Å². The highest BCUT2D eigenvalue weighted by molar-refractivity contribution is 9.10. The van der Waals surface area contributed by atoms with Gasteiger partial charge in [0, 0.05) is 45.8 Å². The fraction of sp³-hybridized carbons (Fsp3) is 0.417. The molecule has 1 amide bonds. The van der Waals surface area contributed by atoms with Crippen LogP contribution >= 0.6 is 15.9 Å². The highest BCUT2D eigenvalue weighted by atomic mass is 79.9. The summed E-state index contributed by atoms with van der Waals surface area (Å²) in [4.78, 5) is 14.1. The molecular weight excluding hydrogens is 316 g/mol. The van der Waals surface area contributed by atoms with Crippen LogP contribution in [0.25, 0.3) is 0 Å². The lowest BCUT2D eigenvalue weighted by molar-refractivity contribution is -0.116. The Kier molecular flexibility index (Phi) is 3.15. The molecular formula is C12H13BrN2O2S. The maximum atomic E-state index is 11.8. The van der Waals surface area contributed by atoms with Crippen LogP contribution in [0.2, 0.25) is 0 Å². The first-order chi connectivity index (χ1) is 8.63. The first-order valence-electron chi connectivity index (χ1n) is 5.84. The fourth-order valence-electron chi connectivity index (χ4n) is 2.52. The van der Waals surface area contributed by atoms with Crippen molar-refractivity contribution in [2.45, 2.75) is 12.5 Å². The second kappa shape index (κ2) is 4.66. The van der Waals surface area contributed by atoms with Crippen molar-refractivity contribution < 1.29 is 9.00 Å². The molecule has 1 fully saturated rings. The molecule has 2 unspecified atom stereocenters. The number of fused-ring (bicyclic) bond motifs is 3. The van der Waals surface area contributed by atoms with E-state index in [4.69, 9.17) is 0 Å². The second-order valence-electron chi connectivity index (χ2n) is 4.57. The molecule has 2 heterocycles. The normalized spacial score (nSPS) is 26.9. The lowest BCUT2D eigenvalue weighted by atomic mass is 10.1. The van der Waals surface area contributed by atoms with E-state index in [0.29, 0.717) is 17.9 Å². The van der Waals surface area contributed by atoms with Gasteiger partial charge in [0.05, 0.1) is 11.4 Å². The van der Waals surface area contributed by atoms with Crippen molar-refractivity contribution in [3.63, 3.8) is 0 Å². The largest absolute Gasteiger partial charge is 0.364 e. The van der Waals surface area contributed by atoms with E-state index in [2.05, 4.69) is 26.1 Å². The van der Waals surface area contributed by atoms with Gasteiger partial charge in [0.15, 0.2) is 0 Å². The van der Waals surface area contributed by atoms with Crippen molar-refractivity contribution in [3.8, 4) is 0 Å². The zero-order valence-corrected chi connectivity index (χ0v) is 12.1. The molecule has 0 bridgehead atoms. The molecule has 96 valence electrons. The number of nitrogens with zero attached hydrogens (tertiary/aromatic N) is 1. The molecule has 1 aromatic carbocycles. The summed E-state index contributed by atoms with van der Waals surface area (Å²) in [5.41, 5.74) is 1.87. The highest BCUT2D eigenvalue weighted by Gasteiger charge is 2.32. The molecule has 2 atom stereocenters. The average molecular weight is 329 g/mol. The zero-order chi connectivity index (χ0) is 12.7. The quantitative estimate of drug-likeness (QED) is 0.789. The summed E-state index contributed by atoms with van der Waals surface area (Å²) in [6.07, 6.45) is 0.415. The monoisotopic (exact) mass is 328 g/mol. The smallest absolute Gasteiger partial charge is 0.226 e. The van der Waals surface area contributed by atoms with E-state index in [0.717, 1.165) is 22.4 Å². The molecule has 0 aliphatic carbocycles. The van der Waals surface area contributed by atoms with Crippen LogP contribution in [0, 0.1) is 0 Å². The van der Waals surface area contributed by atoms with Crippen molar-refractivity contribution >= 4 is 44.0 Å². The third-order valence-electron chi connectivity index (χ3n) is 3.34. The molecule has 2 aliphatic rings. The minimum Gasteiger partial charge on any atom is -0.364 e. The summed E-state index contributed by atoms with van der Waals surface area (Å²) in [6.45, 7) is 0.746. The lowest BCUT2D eigenvalue weighted by Gasteiger charge is -2.35. The summed E-state index contributed by atoms with van der Waals surface area (Å²) in [6, 6.07) is 5.89. The summed E-state index contributed by atoms with van der Waals surface area (Å²) in [5.74, 6) is 1.26. The van der Waals surface area contributed by atoms with Crippen molar-refractivity contribution in [2.75, 3.05) is 28.3 Å². The molecule has 0 aromatic heterocycles. The van der Waals surface area contributed by atoms with Gasteiger partial charge in [-0.3, -0.25) is 9.00 Å². The van der Waals surface area contributed by atoms with E-state index in [1.54, 1.807) is 0 Å². The van der Waals surface area contributed by atoms with Crippen LogP contribution < -0.4 is 10.2 Å². The van der Waals surface area contributed by atoms with Gasteiger partial charge < -0.3 is 10.2 Å². The fourth-order valence-corrected chi connectivity index (χ4v) is 4.16.